The second kappa shape index (κ2) is 8.57. The van der Waals surface area contributed by atoms with Gasteiger partial charge in [-0.05, 0) is 41.8 Å². The van der Waals surface area contributed by atoms with Gasteiger partial charge in [0.1, 0.15) is 0 Å². The third-order valence-electron chi connectivity index (χ3n) is 4.01. The normalized spacial score (nSPS) is 12.1. The Hall–Kier alpha value is -3.03. The van der Waals surface area contributed by atoms with E-state index in [-0.39, 0.29) is 30.7 Å². The number of ether oxygens (including phenoxy) is 4. The van der Waals surface area contributed by atoms with E-state index in [2.05, 4.69) is 10.1 Å². The first kappa shape index (κ1) is 18.8. The van der Waals surface area contributed by atoms with E-state index in [0.717, 1.165) is 5.56 Å². The fraction of sp³-hybridized carbons (Fsp3) is 0.316. The summed E-state index contributed by atoms with van der Waals surface area (Å²) in [4.78, 5) is 12.1. The van der Waals surface area contributed by atoms with Gasteiger partial charge in [-0.3, -0.25) is 4.79 Å². The van der Waals surface area contributed by atoms with Crippen molar-refractivity contribution in [3.05, 3.63) is 47.5 Å². The van der Waals surface area contributed by atoms with Gasteiger partial charge in [-0.15, -0.1) is 0 Å². The Bertz CT molecular complexity index is 813. The highest BCUT2D eigenvalue weighted by Crippen LogP contribution is 2.33. The molecule has 0 aromatic heterocycles. The molecule has 0 bridgehead atoms. The van der Waals surface area contributed by atoms with E-state index in [0.29, 0.717) is 29.9 Å². The van der Waals surface area contributed by atoms with Crippen LogP contribution in [-0.2, 0) is 17.8 Å². The van der Waals surface area contributed by atoms with E-state index in [1.165, 1.54) is 13.2 Å². The maximum Gasteiger partial charge on any atom is 0.387 e. The van der Waals surface area contributed by atoms with Gasteiger partial charge >= 0.3 is 6.61 Å². The molecule has 3 rings (SSSR count). The van der Waals surface area contributed by atoms with Crippen molar-refractivity contribution in [2.45, 2.75) is 26.0 Å². The molecule has 6 nitrogen and oxygen atoms in total. The molecular weight excluding hydrogens is 360 g/mol. The van der Waals surface area contributed by atoms with Crippen LogP contribution in [0.2, 0.25) is 0 Å². The zero-order valence-corrected chi connectivity index (χ0v) is 14.7. The molecule has 2 aromatic rings. The number of aryl methyl sites for hydroxylation is 1. The van der Waals surface area contributed by atoms with E-state index in [9.17, 15) is 13.6 Å². The standard InChI is InChI=1S/C19H19F2NO5/c1-24-16-9-13(3-6-15(16)27-19(20)21)10-22-18(23)7-4-12-2-5-14-17(8-12)26-11-25-14/h2-3,5-6,8-9,19H,4,7,10-11H2,1H3,(H,22,23). The molecule has 0 unspecified atom stereocenters. The molecule has 144 valence electrons. The third-order valence-corrected chi connectivity index (χ3v) is 4.01. The lowest BCUT2D eigenvalue weighted by Crippen LogP contribution is -2.23. The molecule has 0 atom stereocenters. The Balaban J connectivity index is 1.50. The lowest BCUT2D eigenvalue weighted by atomic mass is 10.1. The topological polar surface area (TPSA) is 66.0 Å². The first-order valence-electron chi connectivity index (χ1n) is 8.32. The van der Waals surface area contributed by atoms with Crippen LogP contribution in [0.4, 0.5) is 8.78 Å². The predicted molar refractivity (Wildman–Crippen MR) is 92.4 cm³/mol. The molecule has 0 saturated heterocycles. The van der Waals surface area contributed by atoms with E-state index in [1.54, 1.807) is 12.1 Å². The van der Waals surface area contributed by atoms with E-state index < -0.39 is 6.61 Å². The van der Waals surface area contributed by atoms with Crippen molar-refractivity contribution < 1.29 is 32.5 Å². The molecule has 1 heterocycles. The Morgan fingerprint density at radius 1 is 1.11 bits per heavy atom. The van der Waals surface area contributed by atoms with Gasteiger partial charge in [0, 0.05) is 13.0 Å². The summed E-state index contributed by atoms with van der Waals surface area (Å²) in [6.07, 6.45) is 0.871. The van der Waals surface area contributed by atoms with E-state index >= 15 is 0 Å². The largest absolute Gasteiger partial charge is 0.493 e. The second-order valence-corrected chi connectivity index (χ2v) is 5.83. The first-order chi connectivity index (χ1) is 13.0. The smallest absolute Gasteiger partial charge is 0.387 e. The molecule has 0 radical (unpaired) electrons. The fourth-order valence-electron chi connectivity index (χ4n) is 2.66. The highest BCUT2D eigenvalue weighted by Gasteiger charge is 2.14. The molecule has 2 aromatic carbocycles. The predicted octanol–water partition coefficient (Wildman–Crippen LogP) is 3.27. The van der Waals surface area contributed by atoms with Crippen molar-refractivity contribution in [2.24, 2.45) is 0 Å². The monoisotopic (exact) mass is 379 g/mol. The zero-order chi connectivity index (χ0) is 19.2. The highest BCUT2D eigenvalue weighted by atomic mass is 19.3. The minimum Gasteiger partial charge on any atom is -0.493 e. The van der Waals surface area contributed by atoms with Gasteiger partial charge in [0.05, 0.1) is 7.11 Å². The number of carbonyl (C=O) groups excluding carboxylic acids is 1. The van der Waals surface area contributed by atoms with Gasteiger partial charge < -0.3 is 24.3 Å². The number of halogens is 2. The summed E-state index contributed by atoms with van der Waals surface area (Å²) in [7, 11) is 1.36. The number of alkyl halides is 2. The van der Waals surface area contributed by atoms with Gasteiger partial charge in [0.2, 0.25) is 12.7 Å². The summed E-state index contributed by atoms with van der Waals surface area (Å²) in [5.74, 6) is 1.40. The van der Waals surface area contributed by atoms with Crippen molar-refractivity contribution in [2.75, 3.05) is 13.9 Å². The van der Waals surface area contributed by atoms with Crippen LogP contribution < -0.4 is 24.3 Å². The number of rotatable bonds is 8. The Kier molecular flexibility index (Phi) is 5.95. The zero-order valence-electron chi connectivity index (χ0n) is 14.7. The number of benzene rings is 2. The maximum absolute atomic E-state index is 12.3. The molecule has 27 heavy (non-hydrogen) atoms. The van der Waals surface area contributed by atoms with Gasteiger partial charge in [0.15, 0.2) is 23.0 Å². The molecule has 0 saturated carbocycles. The molecule has 8 heteroatoms. The van der Waals surface area contributed by atoms with E-state index in [4.69, 9.17) is 14.2 Å². The Morgan fingerprint density at radius 3 is 2.67 bits per heavy atom. The average Bonchev–Trinajstić information content (AvgIpc) is 3.13. The molecule has 0 spiro atoms. The van der Waals surface area contributed by atoms with Crippen LogP contribution in [0.1, 0.15) is 17.5 Å². The summed E-state index contributed by atoms with van der Waals surface area (Å²) in [6, 6.07) is 10.1. The molecule has 1 aliphatic rings. The van der Waals surface area contributed by atoms with Crippen molar-refractivity contribution in [3.8, 4) is 23.0 Å². The lowest BCUT2D eigenvalue weighted by molar-refractivity contribution is -0.121. The number of methoxy groups -OCH3 is 1. The van der Waals surface area contributed by atoms with E-state index in [1.807, 2.05) is 18.2 Å². The van der Waals surface area contributed by atoms with Crippen LogP contribution in [0.15, 0.2) is 36.4 Å². The van der Waals surface area contributed by atoms with Crippen LogP contribution >= 0.6 is 0 Å². The summed E-state index contributed by atoms with van der Waals surface area (Å²) in [5, 5.41) is 2.79. The molecule has 1 aliphatic heterocycles. The number of hydrogen-bond donors (Lipinski definition) is 1. The molecule has 0 aliphatic carbocycles. The van der Waals surface area contributed by atoms with Crippen molar-refractivity contribution >= 4 is 5.91 Å². The van der Waals surface area contributed by atoms with Crippen LogP contribution in [0.25, 0.3) is 0 Å². The van der Waals surface area contributed by atoms with Gasteiger partial charge in [0.25, 0.3) is 0 Å². The number of fused-ring (bicyclic) bond motifs is 1. The maximum atomic E-state index is 12.3. The number of hydrogen-bond acceptors (Lipinski definition) is 5. The summed E-state index contributed by atoms with van der Waals surface area (Å²) < 4.78 is 44.7. The number of amides is 1. The molecule has 0 fully saturated rings. The van der Waals surface area contributed by atoms with Gasteiger partial charge in [-0.1, -0.05) is 12.1 Å². The minimum absolute atomic E-state index is 0.0506. The quantitative estimate of drug-likeness (QED) is 0.763. The van der Waals surface area contributed by atoms with Crippen LogP contribution in [0.5, 0.6) is 23.0 Å². The number of carbonyl (C=O) groups is 1. The van der Waals surface area contributed by atoms with Crippen LogP contribution in [0.3, 0.4) is 0 Å². The van der Waals surface area contributed by atoms with Crippen LogP contribution in [-0.4, -0.2) is 26.4 Å². The SMILES string of the molecule is COc1cc(CNC(=O)CCc2ccc3c(c2)OCO3)ccc1OC(F)F. The lowest BCUT2D eigenvalue weighted by Gasteiger charge is -2.12. The Morgan fingerprint density at radius 2 is 1.89 bits per heavy atom. The molecule has 1 N–H and O–H groups in total. The van der Waals surface area contributed by atoms with Crippen LogP contribution in [0, 0.1) is 0 Å². The van der Waals surface area contributed by atoms with Gasteiger partial charge in [-0.2, -0.15) is 8.78 Å². The third kappa shape index (κ3) is 4.99. The first-order valence-corrected chi connectivity index (χ1v) is 8.32. The summed E-state index contributed by atoms with van der Waals surface area (Å²) in [6.45, 7) is -2.46. The average molecular weight is 379 g/mol. The Labute approximate surface area is 155 Å². The molecule has 1 amide bonds. The highest BCUT2D eigenvalue weighted by molar-refractivity contribution is 5.76. The van der Waals surface area contributed by atoms with Crippen molar-refractivity contribution in [1.29, 1.82) is 0 Å². The fourth-order valence-corrected chi connectivity index (χ4v) is 2.66. The summed E-state index contributed by atoms with van der Waals surface area (Å²) in [5.41, 5.74) is 1.69. The molecular formula is C19H19F2NO5. The van der Waals surface area contributed by atoms with Gasteiger partial charge in [-0.25, -0.2) is 0 Å². The van der Waals surface area contributed by atoms with Crippen molar-refractivity contribution in [3.63, 3.8) is 0 Å². The minimum atomic E-state index is -2.93. The second-order valence-electron chi connectivity index (χ2n) is 5.83. The van der Waals surface area contributed by atoms with Crippen molar-refractivity contribution in [1.82, 2.24) is 5.32 Å². The summed E-state index contributed by atoms with van der Waals surface area (Å²) >= 11 is 0. The number of nitrogens with one attached hydrogen (secondary N) is 1.